The van der Waals surface area contributed by atoms with E-state index in [1.165, 1.54) is 0 Å². The molecule has 22 heavy (non-hydrogen) atoms. The lowest BCUT2D eigenvalue weighted by molar-refractivity contribution is 0.465. The summed E-state index contributed by atoms with van der Waals surface area (Å²) < 4.78 is 94.8. The third kappa shape index (κ3) is 3.20. The highest BCUT2D eigenvalue weighted by Gasteiger charge is 2.44. The minimum absolute atomic E-state index is 0.739. The van der Waals surface area contributed by atoms with Crippen molar-refractivity contribution in [2.75, 3.05) is 0 Å². The highest BCUT2D eigenvalue weighted by molar-refractivity contribution is 7.89. The summed E-state index contributed by atoms with van der Waals surface area (Å²) in [4.78, 5) is -2.50. The van der Waals surface area contributed by atoms with Crippen molar-refractivity contribution in [1.29, 1.82) is 5.39 Å². The highest BCUT2D eigenvalue weighted by Crippen LogP contribution is 2.43. The molecule has 3 N–H and O–H groups in total. The van der Waals surface area contributed by atoms with E-state index in [0.29, 0.717) is 0 Å². The molecule has 0 bridgehead atoms. The zero-order valence-electron chi connectivity index (χ0n) is 10.3. The van der Waals surface area contributed by atoms with Gasteiger partial charge in [-0.1, -0.05) is 11.6 Å². The summed E-state index contributed by atoms with van der Waals surface area (Å²) in [5.74, 6) is 0. The van der Waals surface area contributed by atoms with Crippen molar-refractivity contribution < 1.29 is 38.9 Å². The van der Waals surface area contributed by atoms with Gasteiger partial charge in [-0.2, -0.15) is 25.3 Å². The van der Waals surface area contributed by atoms with Crippen molar-refractivity contribution in [2.45, 2.75) is 21.6 Å². The van der Waals surface area contributed by atoms with Gasteiger partial charge in [-0.15, -0.1) is 0 Å². The van der Waals surface area contributed by atoms with E-state index >= 15 is 0 Å². The monoisotopic (exact) mass is 393 g/mol. The molecule has 0 saturated carbocycles. The molecule has 0 fully saturated rings. The van der Waals surface area contributed by atoms with Crippen molar-refractivity contribution in [3.8, 4) is 0 Å². The molecule has 1 aromatic rings. The quantitative estimate of drug-likeness (QED) is 0.490. The molecule has 0 aliphatic rings. The van der Waals surface area contributed by atoms with Gasteiger partial charge in [0.05, 0.1) is 5.02 Å². The Morgan fingerprint density at radius 3 is 1.50 bits per heavy atom. The van der Waals surface area contributed by atoms with Crippen LogP contribution in [-0.4, -0.2) is 38.9 Å². The maximum Gasteiger partial charge on any atom is 0.428 e. The molecule has 0 spiro atoms. The van der Waals surface area contributed by atoms with Gasteiger partial charge in [-0.3, -0.25) is 13.7 Å². The van der Waals surface area contributed by atoms with Gasteiger partial charge in [0.1, 0.15) is 4.90 Å². The third-order valence-corrected chi connectivity index (χ3v) is 5.95. The number of nitrogens with zero attached hydrogens (tertiary/aromatic N) is 2. The Balaban J connectivity index is 4.50. The van der Waals surface area contributed by atoms with Crippen LogP contribution in [0.5, 0.6) is 0 Å². The molecule has 0 saturated heterocycles. The van der Waals surface area contributed by atoms with Crippen LogP contribution in [0.4, 0.5) is 5.69 Å². The Labute approximate surface area is 129 Å². The molecule has 11 nitrogen and oxygen atoms in total. The van der Waals surface area contributed by atoms with Crippen LogP contribution in [0.1, 0.15) is 5.56 Å². The summed E-state index contributed by atoms with van der Waals surface area (Å²) in [6.07, 6.45) is 0. The summed E-state index contributed by atoms with van der Waals surface area (Å²) in [6, 6.07) is 0. The maximum absolute atomic E-state index is 11.3. The van der Waals surface area contributed by atoms with Crippen LogP contribution in [0.25, 0.3) is 4.98 Å². The average Bonchev–Trinajstić information content (AvgIpc) is 2.26. The van der Waals surface area contributed by atoms with Crippen molar-refractivity contribution in [2.24, 2.45) is 0 Å². The molecule has 0 heterocycles. The fourth-order valence-electron chi connectivity index (χ4n) is 1.63. The number of hydrogen-bond donors (Lipinski definition) is 3. The molecule has 1 aromatic carbocycles. The molecule has 0 unspecified atom stereocenters. The molecule has 0 radical (unpaired) electrons. The van der Waals surface area contributed by atoms with E-state index in [1.807, 2.05) is 0 Å². The summed E-state index contributed by atoms with van der Waals surface area (Å²) in [5.41, 5.74) is -2.27. The lowest BCUT2D eigenvalue weighted by Gasteiger charge is -2.10. The minimum Gasteiger partial charge on any atom is -0.282 e. The Morgan fingerprint density at radius 1 is 0.864 bits per heavy atom. The number of rotatable bonds is 3. The van der Waals surface area contributed by atoms with Crippen LogP contribution in [0.15, 0.2) is 14.7 Å². The van der Waals surface area contributed by atoms with E-state index in [1.54, 1.807) is 0 Å². The van der Waals surface area contributed by atoms with Gasteiger partial charge in [0.2, 0.25) is 10.3 Å². The lowest BCUT2D eigenvalue weighted by atomic mass is 10.2. The maximum atomic E-state index is 11.3. The second-order valence-electron chi connectivity index (χ2n) is 3.80. The summed E-state index contributed by atoms with van der Waals surface area (Å²) in [5, 5.41) is 7.67. The van der Waals surface area contributed by atoms with Crippen LogP contribution in [0, 0.1) is 12.3 Å². The first kappa shape index (κ1) is 18.7. The summed E-state index contributed by atoms with van der Waals surface area (Å²) >= 11 is 5.52. The zero-order valence-corrected chi connectivity index (χ0v) is 13.5. The predicted molar refractivity (Wildman–Crippen MR) is 70.4 cm³/mol. The van der Waals surface area contributed by atoms with Crippen LogP contribution in [0.2, 0.25) is 5.02 Å². The Hall–Kier alpha value is -1.34. The Morgan fingerprint density at radius 2 is 1.23 bits per heavy atom. The van der Waals surface area contributed by atoms with Crippen molar-refractivity contribution in [3.63, 3.8) is 0 Å². The molecular weight excluding hydrogens is 388 g/mol. The molecule has 0 aromatic heterocycles. The fourth-order valence-corrected chi connectivity index (χ4v) is 5.23. The van der Waals surface area contributed by atoms with Crippen molar-refractivity contribution >= 4 is 47.6 Å². The van der Waals surface area contributed by atoms with Gasteiger partial charge >= 0.3 is 25.9 Å². The summed E-state index contributed by atoms with van der Waals surface area (Å²) in [7, 11) is -16.2. The number of diazo groups is 1. The molecule has 0 aliphatic carbocycles. The molecule has 1 rings (SSSR count). The first-order valence-electron chi connectivity index (χ1n) is 4.77. The standard InChI is InChI=1S/C7H5ClN2O9S3/c1-2-3(8)6(21(14,15)16)7(22(17,18)19)4(10-9)5(2)20(11,12)13/h1H3,(H2-,11,12,13,14,15,16,17,18,19)/p+1. The Kier molecular flexibility index (Phi) is 4.58. The lowest BCUT2D eigenvalue weighted by Crippen LogP contribution is -2.14. The highest BCUT2D eigenvalue weighted by atomic mass is 35.5. The van der Waals surface area contributed by atoms with E-state index in [2.05, 4.69) is 4.98 Å². The Bertz CT molecular complexity index is 1020. The minimum atomic E-state index is -5.53. The molecular formula is C7H6ClN2O9S3+. The number of halogens is 1. The molecule has 122 valence electrons. The van der Waals surface area contributed by atoms with Crippen molar-refractivity contribution in [3.05, 3.63) is 15.6 Å². The van der Waals surface area contributed by atoms with Crippen LogP contribution < -0.4 is 0 Å². The average molecular weight is 394 g/mol. The zero-order chi connectivity index (χ0) is 17.7. The van der Waals surface area contributed by atoms with Gasteiger partial charge in [0.15, 0.2) is 9.87 Å². The van der Waals surface area contributed by atoms with E-state index in [-0.39, 0.29) is 0 Å². The smallest absolute Gasteiger partial charge is 0.282 e. The van der Waals surface area contributed by atoms with Crippen molar-refractivity contribution in [1.82, 2.24) is 0 Å². The van der Waals surface area contributed by atoms with Crippen LogP contribution in [-0.2, 0) is 30.4 Å². The molecule has 0 aliphatic heterocycles. The normalized spacial score (nSPS) is 12.9. The second-order valence-corrected chi connectivity index (χ2v) is 8.25. The first-order valence-corrected chi connectivity index (χ1v) is 9.47. The molecule has 0 amide bonds. The van der Waals surface area contributed by atoms with Gasteiger partial charge in [-0.25, -0.2) is 0 Å². The number of hydrogen-bond acceptors (Lipinski definition) is 7. The van der Waals surface area contributed by atoms with E-state index in [9.17, 15) is 25.3 Å². The van der Waals surface area contributed by atoms with E-state index in [0.717, 1.165) is 6.92 Å². The number of benzene rings is 1. The second kappa shape index (κ2) is 5.38. The van der Waals surface area contributed by atoms with Gasteiger partial charge < -0.3 is 0 Å². The first-order chi connectivity index (χ1) is 9.64. The van der Waals surface area contributed by atoms with E-state index in [4.69, 9.17) is 30.7 Å². The van der Waals surface area contributed by atoms with Gasteiger partial charge in [0, 0.05) is 0 Å². The van der Waals surface area contributed by atoms with Crippen LogP contribution >= 0.6 is 11.6 Å². The fraction of sp³-hybridized carbons (Fsp3) is 0.143. The van der Waals surface area contributed by atoms with Gasteiger partial charge in [0.25, 0.3) is 10.1 Å². The molecule has 0 atom stereocenters. The third-order valence-electron chi connectivity index (χ3n) is 2.38. The summed E-state index contributed by atoms with van der Waals surface area (Å²) in [6.45, 7) is 0.836. The van der Waals surface area contributed by atoms with Crippen LogP contribution in [0.3, 0.4) is 0 Å². The largest absolute Gasteiger partial charge is 0.428 e. The van der Waals surface area contributed by atoms with E-state index < -0.39 is 61.3 Å². The predicted octanol–water partition coefficient (Wildman–Crippen LogP) is 0.873. The van der Waals surface area contributed by atoms with Gasteiger partial charge in [-0.05, 0) is 12.5 Å². The molecule has 15 heteroatoms. The SMILES string of the molecule is Cc1c(Cl)c(S(=O)(=O)O)c(S(=O)(=O)O)c([N+]#N)c1S(=O)(=O)O. The topological polar surface area (TPSA) is 191 Å².